The molecule has 0 aliphatic carbocycles. The summed E-state index contributed by atoms with van der Waals surface area (Å²) >= 11 is 6.64. The zero-order chi connectivity index (χ0) is 22.1. The van der Waals surface area contributed by atoms with Crippen LogP contribution in [0.5, 0.6) is 28.7 Å². The maximum Gasteiger partial charge on any atom is 0.163 e. The Hall–Kier alpha value is -2.68. The molecule has 0 aromatic heterocycles. The molecule has 0 saturated carbocycles. The highest BCUT2D eigenvalue weighted by Gasteiger charge is 2.33. The molecule has 0 saturated heterocycles. The Kier molecular flexibility index (Phi) is 6.13. The Morgan fingerprint density at radius 1 is 0.774 bits per heavy atom. The molecular formula is C23H18Br2O6. The van der Waals surface area contributed by atoms with Gasteiger partial charge in [0.2, 0.25) is 0 Å². The van der Waals surface area contributed by atoms with Gasteiger partial charge >= 0.3 is 0 Å². The lowest BCUT2D eigenvalue weighted by Gasteiger charge is -2.33. The number of hydrogen-bond acceptors (Lipinski definition) is 6. The summed E-state index contributed by atoms with van der Waals surface area (Å²) in [4.78, 5) is 0. The van der Waals surface area contributed by atoms with E-state index in [4.69, 9.17) is 9.47 Å². The topological polar surface area (TPSA) is 99.4 Å². The zero-order valence-corrected chi connectivity index (χ0v) is 19.2. The minimum atomic E-state index is -0.618. The fourth-order valence-electron chi connectivity index (χ4n) is 3.33. The van der Waals surface area contributed by atoms with Gasteiger partial charge in [-0.3, -0.25) is 0 Å². The summed E-state index contributed by atoms with van der Waals surface area (Å²) in [5.74, 6) is 1.05. The second kappa shape index (κ2) is 8.82. The second-order valence-electron chi connectivity index (χ2n) is 7.03. The van der Waals surface area contributed by atoms with E-state index in [-0.39, 0.29) is 23.9 Å². The van der Waals surface area contributed by atoms with Gasteiger partial charge in [-0.2, -0.15) is 0 Å². The number of phenols is 3. The van der Waals surface area contributed by atoms with Crippen molar-refractivity contribution in [3.63, 3.8) is 0 Å². The molecule has 4 rings (SSSR count). The van der Waals surface area contributed by atoms with Crippen molar-refractivity contribution in [1.82, 2.24) is 0 Å². The number of benzene rings is 3. The van der Waals surface area contributed by atoms with Crippen LogP contribution >= 0.6 is 31.9 Å². The number of halogens is 2. The minimum absolute atomic E-state index is 0.0223. The first-order valence-electron chi connectivity index (χ1n) is 9.31. The van der Waals surface area contributed by atoms with Crippen LogP contribution in [-0.2, 0) is 0 Å². The summed E-state index contributed by atoms with van der Waals surface area (Å²) < 4.78 is 13.1. The summed E-state index contributed by atoms with van der Waals surface area (Å²) in [6, 6.07) is 13.2. The first kappa shape index (κ1) is 21.5. The highest BCUT2D eigenvalue weighted by atomic mass is 79.9. The van der Waals surface area contributed by atoms with Gasteiger partial charge in [0, 0.05) is 6.07 Å². The molecule has 3 aromatic carbocycles. The predicted molar refractivity (Wildman–Crippen MR) is 124 cm³/mol. The average molecular weight is 550 g/mol. The largest absolute Gasteiger partial charge is 0.508 e. The molecule has 4 N–H and O–H groups in total. The summed E-state index contributed by atoms with van der Waals surface area (Å²) in [5, 5.41) is 39.0. The van der Waals surface area contributed by atoms with Gasteiger partial charge in [0.1, 0.15) is 17.2 Å². The fourth-order valence-corrected chi connectivity index (χ4v) is 4.55. The van der Waals surface area contributed by atoms with Gasteiger partial charge in [-0.15, -0.1) is 0 Å². The summed E-state index contributed by atoms with van der Waals surface area (Å²) in [6.45, 7) is -0.247. The van der Waals surface area contributed by atoms with E-state index in [2.05, 4.69) is 31.9 Å². The van der Waals surface area contributed by atoms with E-state index in [1.54, 1.807) is 30.3 Å². The Morgan fingerprint density at radius 3 is 2.06 bits per heavy atom. The number of aliphatic hydroxyl groups excluding tert-OH is 1. The number of phenolic OH excluding ortho intramolecular Hbond substituents is 3. The summed E-state index contributed by atoms with van der Waals surface area (Å²) in [7, 11) is 0. The van der Waals surface area contributed by atoms with Crippen molar-refractivity contribution in [2.24, 2.45) is 0 Å². The van der Waals surface area contributed by atoms with Crippen LogP contribution < -0.4 is 9.47 Å². The van der Waals surface area contributed by atoms with Crippen LogP contribution in [-0.4, -0.2) is 33.1 Å². The molecule has 1 aliphatic rings. The normalized spacial score (nSPS) is 17.8. The third-order valence-corrected chi connectivity index (χ3v) is 5.99. The molecular weight excluding hydrogens is 532 g/mol. The van der Waals surface area contributed by atoms with E-state index >= 15 is 0 Å². The number of aromatic hydroxyl groups is 3. The number of hydrogen-bond donors (Lipinski definition) is 4. The molecule has 31 heavy (non-hydrogen) atoms. The lowest BCUT2D eigenvalue weighted by molar-refractivity contribution is -0.0123. The van der Waals surface area contributed by atoms with Gasteiger partial charge in [0.15, 0.2) is 23.7 Å². The van der Waals surface area contributed by atoms with E-state index in [9.17, 15) is 20.4 Å². The van der Waals surface area contributed by atoms with Crippen molar-refractivity contribution in [3.05, 3.63) is 74.2 Å². The maximum atomic E-state index is 9.98. The van der Waals surface area contributed by atoms with E-state index in [0.29, 0.717) is 26.0 Å². The molecule has 2 atom stereocenters. The van der Waals surface area contributed by atoms with E-state index in [0.717, 1.165) is 11.1 Å². The molecule has 3 aromatic rings. The highest BCUT2D eigenvalue weighted by Crippen LogP contribution is 2.43. The Bertz CT molecular complexity index is 1120. The van der Waals surface area contributed by atoms with Crippen molar-refractivity contribution >= 4 is 44.0 Å². The molecule has 6 nitrogen and oxygen atoms in total. The Labute approximate surface area is 195 Å². The van der Waals surface area contributed by atoms with Crippen molar-refractivity contribution in [2.45, 2.75) is 12.2 Å². The van der Waals surface area contributed by atoms with Gasteiger partial charge < -0.3 is 29.9 Å². The second-order valence-corrected chi connectivity index (χ2v) is 8.74. The van der Waals surface area contributed by atoms with Crippen LogP contribution in [0.25, 0.3) is 12.2 Å². The SMILES string of the molecule is OC[C@@H]1Oc2ccc(/C=C/c3cc(O)cc(O)c3)cc2O[C@H]1c1cc(Br)c(O)c(Br)c1. The molecule has 1 aliphatic heterocycles. The van der Waals surface area contributed by atoms with E-state index in [1.807, 2.05) is 12.1 Å². The minimum Gasteiger partial charge on any atom is -0.508 e. The molecule has 8 heteroatoms. The number of rotatable bonds is 4. The molecule has 0 amide bonds. The van der Waals surface area contributed by atoms with Crippen molar-refractivity contribution in [3.8, 4) is 28.7 Å². The van der Waals surface area contributed by atoms with Crippen LogP contribution in [0.1, 0.15) is 22.8 Å². The zero-order valence-electron chi connectivity index (χ0n) is 16.0. The third-order valence-electron chi connectivity index (χ3n) is 4.78. The first-order chi connectivity index (χ1) is 14.8. The average Bonchev–Trinajstić information content (AvgIpc) is 2.74. The Morgan fingerprint density at radius 2 is 1.42 bits per heavy atom. The molecule has 160 valence electrons. The lowest BCUT2D eigenvalue weighted by Crippen LogP contribution is -2.36. The van der Waals surface area contributed by atoms with Crippen LogP contribution in [0.15, 0.2) is 57.5 Å². The fraction of sp³-hybridized carbons (Fsp3) is 0.130. The Balaban J connectivity index is 1.64. The molecule has 0 fully saturated rings. The van der Waals surface area contributed by atoms with E-state index in [1.165, 1.54) is 18.2 Å². The van der Waals surface area contributed by atoms with Crippen molar-refractivity contribution in [2.75, 3.05) is 6.61 Å². The van der Waals surface area contributed by atoms with Gasteiger partial charge in [0.05, 0.1) is 15.6 Å². The van der Waals surface area contributed by atoms with Gasteiger partial charge in [-0.1, -0.05) is 18.2 Å². The molecule has 0 radical (unpaired) electrons. The van der Waals surface area contributed by atoms with Gasteiger partial charge in [-0.25, -0.2) is 0 Å². The van der Waals surface area contributed by atoms with Crippen LogP contribution in [0.4, 0.5) is 0 Å². The molecule has 0 unspecified atom stereocenters. The van der Waals surface area contributed by atoms with Crippen LogP contribution in [0.3, 0.4) is 0 Å². The first-order valence-corrected chi connectivity index (χ1v) is 10.9. The predicted octanol–water partition coefficient (Wildman–Crippen LogP) is 5.37. The monoisotopic (exact) mass is 548 g/mol. The van der Waals surface area contributed by atoms with Gasteiger partial charge in [-0.05, 0) is 84.9 Å². The molecule has 0 spiro atoms. The highest BCUT2D eigenvalue weighted by molar-refractivity contribution is 9.11. The van der Waals surface area contributed by atoms with E-state index < -0.39 is 12.2 Å². The summed E-state index contributed by atoms with van der Waals surface area (Å²) in [6.07, 6.45) is 2.37. The van der Waals surface area contributed by atoms with Crippen molar-refractivity contribution in [1.29, 1.82) is 0 Å². The third kappa shape index (κ3) is 4.66. The molecule has 1 heterocycles. The number of fused-ring (bicyclic) bond motifs is 1. The smallest absolute Gasteiger partial charge is 0.163 e. The standard InChI is InChI=1S/C23H18Br2O6/c24-17-8-14(9-18(25)22(17)29)23-21(11-26)30-19-4-3-12(7-20(19)31-23)1-2-13-5-15(27)10-16(28)6-13/h1-10,21,23,26-29H,11H2/b2-1+/t21-,23-/m0/s1. The quantitative estimate of drug-likeness (QED) is 0.326. The van der Waals surface area contributed by atoms with Gasteiger partial charge in [0.25, 0.3) is 0 Å². The molecule has 0 bridgehead atoms. The van der Waals surface area contributed by atoms with Crippen LogP contribution in [0, 0.1) is 0 Å². The maximum absolute atomic E-state index is 9.98. The van der Waals surface area contributed by atoms with Crippen molar-refractivity contribution < 1.29 is 29.9 Å². The van der Waals surface area contributed by atoms with Crippen LogP contribution in [0.2, 0.25) is 0 Å². The summed E-state index contributed by atoms with van der Waals surface area (Å²) in [5.41, 5.74) is 2.18. The lowest BCUT2D eigenvalue weighted by atomic mass is 10.0. The number of ether oxygens (including phenoxy) is 2. The number of aliphatic hydroxyl groups is 1.